The maximum Gasteiger partial charge on any atom is 0.164 e. The smallest absolute Gasteiger partial charge is 0.164 e. The molecule has 13 aromatic rings. The molecule has 0 atom stereocenters. The summed E-state index contributed by atoms with van der Waals surface area (Å²) in [4.78, 5) is 15.4. The van der Waals surface area contributed by atoms with Crippen LogP contribution < -0.4 is 0 Å². The Morgan fingerprint density at radius 3 is 1.89 bits per heavy atom. The Morgan fingerprint density at radius 2 is 1.05 bits per heavy atom. The molecule has 4 heterocycles. The maximum absolute atomic E-state index is 6.58. The van der Waals surface area contributed by atoms with Crippen molar-refractivity contribution in [2.24, 2.45) is 0 Å². The summed E-state index contributed by atoms with van der Waals surface area (Å²) in [6.07, 6.45) is 0. The third-order valence-electron chi connectivity index (χ3n) is 12.0. The molecule has 0 aliphatic rings. The van der Waals surface area contributed by atoms with Crippen molar-refractivity contribution in [2.45, 2.75) is 0 Å². The number of furan rings is 1. The van der Waals surface area contributed by atoms with E-state index in [-0.39, 0.29) is 0 Å². The van der Waals surface area contributed by atoms with Gasteiger partial charge in [-0.05, 0) is 70.4 Å². The molecule has 0 saturated carbocycles. The van der Waals surface area contributed by atoms with Gasteiger partial charge in [0, 0.05) is 53.7 Å². The lowest BCUT2D eigenvalue weighted by Gasteiger charge is -2.10. The van der Waals surface area contributed by atoms with Crippen molar-refractivity contribution in [3.63, 3.8) is 0 Å². The van der Waals surface area contributed by atoms with Crippen LogP contribution in [0.1, 0.15) is 0 Å². The van der Waals surface area contributed by atoms with E-state index in [2.05, 4.69) is 156 Å². The third kappa shape index (κ3) is 5.29. The lowest BCUT2D eigenvalue weighted by atomic mass is 9.97. The topological polar surface area (TPSA) is 56.7 Å². The van der Waals surface area contributed by atoms with Crippen LogP contribution in [0.5, 0.6) is 0 Å². The van der Waals surface area contributed by atoms with Crippen LogP contribution in [0.15, 0.2) is 199 Å². The van der Waals surface area contributed by atoms with E-state index >= 15 is 0 Å². The van der Waals surface area contributed by atoms with Gasteiger partial charge in [0.1, 0.15) is 11.2 Å². The molecule has 0 aliphatic heterocycles. The fourth-order valence-corrected chi connectivity index (χ4v) is 10.5. The molecule has 284 valence electrons. The summed E-state index contributed by atoms with van der Waals surface area (Å²) in [5.74, 6) is 1.84. The van der Waals surface area contributed by atoms with Gasteiger partial charge in [-0.1, -0.05) is 146 Å². The average molecular weight is 797 g/mol. The largest absolute Gasteiger partial charge is 0.456 e. The lowest BCUT2D eigenvalue weighted by molar-refractivity contribution is 0.669. The van der Waals surface area contributed by atoms with Crippen molar-refractivity contribution < 1.29 is 4.42 Å². The predicted molar refractivity (Wildman–Crippen MR) is 254 cm³/mol. The molecule has 9 aromatic carbocycles. The average Bonchev–Trinajstić information content (AvgIpc) is 4.01. The molecule has 4 aromatic heterocycles. The zero-order valence-corrected chi connectivity index (χ0v) is 33.4. The lowest BCUT2D eigenvalue weighted by Crippen LogP contribution is -2.00. The molecule has 61 heavy (non-hydrogen) atoms. The number of nitrogens with zero attached hydrogens (tertiary/aromatic N) is 4. The minimum absolute atomic E-state index is 0.597. The molecular weight excluding hydrogens is 765 g/mol. The molecule has 0 fully saturated rings. The molecule has 0 amide bonds. The van der Waals surface area contributed by atoms with Crippen LogP contribution in [0.4, 0.5) is 0 Å². The summed E-state index contributed by atoms with van der Waals surface area (Å²) in [7, 11) is 0. The van der Waals surface area contributed by atoms with Gasteiger partial charge in [0.15, 0.2) is 17.5 Å². The molecule has 0 bridgehead atoms. The number of rotatable bonds is 5. The normalized spacial score (nSPS) is 11.9. The van der Waals surface area contributed by atoms with E-state index in [1.165, 1.54) is 58.6 Å². The van der Waals surface area contributed by atoms with Gasteiger partial charge in [0.2, 0.25) is 0 Å². The fourth-order valence-electron chi connectivity index (χ4n) is 9.28. The van der Waals surface area contributed by atoms with Gasteiger partial charge in [-0.2, -0.15) is 0 Å². The molecule has 13 rings (SSSR count). The Bertz CT molecular complexity index is 3840. The van der Waals surface area contributed by atoms with Gasteiger partial charge in [0.25, 0.3) is 0 Å². The highest BCUT2D eigenvalue weighted by Crippen LogP contribution is 2.45. The summed E-state index contributed by atoms with van der Waals surface area (Å²) < 4.78 is 11.5. The first-order valence-electron chi connectivity index (χ1n) is 20.4. The summed E-state index contributed by atoms with van der Waals surface area (Å²) in [5.41, 5.74) is 10.3. The minimum atomic E-state index is 0.597. The van der Waals surface area contributed by atoms with Gasteiger partial charge < -0.3 is 8.98 Å². The first-order chi connectivity index (χ1) is 30.2. The van der Waals surface area contributed by atoms with Crippen LogP contribution in [-0.4, -0.2) is 19.5 Å². The van der Waals surface area contributed by atoms with Crippen molar-refractivity contribution in [1.82, 2.24) is 19.5 Å². The second-order valence-corrected chi connectivity index (χ2v) is 16.6. The number of hydrogen-bond acceptors (Lipinski definition) is 5. The highest BCUT2D eigenvalue weighted by Gasteiger charge is 2.21. The SMILES string of the molecule is c1ccc(-c2nc(-c3ccc4ccccc4c3)nc(-c3cccc4oc5ccc(-c6cccc7sc8c(-n9c%10ccccc%10c%10ccccc%109)cccc8c67)cc5c34)n2)cc1. The second kappa shape index (κ2) is 13.3. The Morgan fingerprint density at radius 1 is 0.393 bits per heavy atom. The molecule has 0 spiro atoms. The monoisotopic (exact) mass is 796 g/mol. The Kier molecular flexibility index (Phi) is 7.41. The summed E-state index contributed by atoms with van der Waals surface area (Å²) in [6, 6.07) is 68.5. The van der Waals surface area contributed by atoms with Crippen LogP contribution >= 0.6 is 11.3 Å². The molecule has 0 aliphatic carbocycles. The van der Waals surface area contributed by atoms with Crippen molar-refractivity contribution in [2.75, 3.05) is 0 Å². The molecule has 6 heteroatoms. The van der Waals surface area contributed by atoms with Gasteiger partial charge >= 0.3 is 0 Å². The molecule has 0 N–H and O–H groups in total. The molecule has 0 saturated heterocycles. The van der Waals surface area contributed by atoms with E-state index in [0.717, 1.165) is 49.6 Å². The summed E-state index contributed by atoms with van der Waals surface area (Å²) in [5, 5.41) is 9.31. The van der Waals surface area contributed by atoms with E-state index in [4.69, 9.17) is 19.4 Å². The number of thiophene rings is 1. The summed E-state index contributed by atoms with van der Waals surface area (Å²) in [6.45, 7) is 0. The van der Waals surface area contributed by atoms with E-state index in [1.807, 2.05) is 53.8 Å². The number of aromatic nitrogens is 4. The molecule has 0 unspecified atom stereocenters. The zero-order valence-electron chi connectivity index (χ0n) is 32.6. The van der Waals surface area contributed by atoms with Crippen LogP contribution in [0.2, 0.25) is 0 Å². The highest BCUT2D eigenvalue weighted by molar-refractivity contribution is 7.26. The van der Waals surface area contributed by atoms with Crippen molar-refractivity contribution >= 4 is 86.0 Å². The first-order valence-corrected chi connectivity index (χ1v) is 21.2. The Balaban J connectivity index is 1.01. The van der Waals surface area contributed by atoms with Crippen molar-refractivity contribution in [1.29, 1.82) is 0 Å². The van der Waals surface area contributed by atoms with Gasteiger partial charge in [0.05, 0.1) is 21.4 Å². The highest BCUT2D eigenvalue weighted by atomic mass is 32.1. The number of para-hydroxylation sites is 2. The molecular formula is C55H32N4OS. The van der Waals surface area contributed by atoms with E-state index in [1.54, 1.807) is 0 Å². The third-order valence-corrected chi connectivity index (χ3v) is 13.2. The Labute approximate surface area is 353 Å². The summed E-state index contributed by atoms with van der Waals surface area (Å²) >= 11 is 1.86. The zero-order chi connectivity index (χ0) is 40.0. The number of fused-ring (bicyclic) bond motifs is 10. The van der Waals surface area contributed by atoms with E-state index in [9.17, 15) is 0 Å². The van der Waals surface area contributed by atoms with Crippen molar-refractivity contribution in [3.8, 4) is 51.0 Å². The van der Waals surface area contributed by atoms with Gasteiger partial charge in [-0.3, -0.25) is 0 Å². The van der Waals surface area contributed by atoms with Gasteiger partial charge in [-0.15, -0.1) is 11.3 Å². The Hall–Kier alpha value is -7.93. The quantitative estimate of drug-likeness (QED) is 0.174. The fraction of sp³-hybridized carbons (Fsp3) is 0. The number of benzene rings is 9. The predicted octanol–water partition coefficient (Wildman–Crippen LogP) is 15.1. The minimum Gasteiger partial charge on any atom is -0.456 e. The standard InChI is InChI=1S/C55H32N4OS/c1-2-14-34(15-3-1)53-56-54(37-28-27-33-13-4-5-16-35(33)31-37)58-55(57-53)42-21-11-25-48-50(42)43-32-36(29-30-47(43)60-48)38-19-12-26-49-51(38)41-20-10-24-46(52(41)61-49)59-44-22-8-6-17-39(44)40-18-7-9-23-45(40)59/h1-32H. The van der Waals surface area contributed by atoms with Gasteiger partial charge in [-0.25, -0.2) is 15.0 Å². The van der Waals surface area contributed by atoms with Crippen LogP contribution in [-0.2, 0) is 0 Å². The van der Waals surface area contributed by atoms with Crippen molar-refractivity contribution in [3.05, 3.63) is 194 Å². The maximum atomic E-state index is 6.58. The first kappa shape index (κ1) is 34.0. The van der Waals surface area contributed by atoms with Crippen LogP contribution in [0.25, 0.3) is 126 Å². The van der Waals surface area contributed by atoms with E-state index < -0.39 is 0 Å². The second-order valence-electron chi connectivity index (χ2n) is 15.5. The van der Waals surface area contributed by atoms with Crippen LogP contribution in [0.3, 0.4) is 0 Å². The van der Waals surface area contributed by atoms with E-state index in [0.29, 0.717) is 17.5 Å². The molecule has 5 nitrogen and oxygen atoms in total. The number of hydrogen-bond donors (Lipinski definition) is 0. The molecule has 0 radical (unpaired) electrons. The van der Waals surface area contributed by atoms with Crippen LogP contribution in [0, 0.1) is 0 Å².